The highest BCUT2D eigenvalue weighted by Crippen LogP contribution is 2.42. The number of hydrogen-bond donors (Lipinski definition) is 1. The third kappa shape index (κ3) is 1.55. The molecule has 1 aliphatic rings. The fourth-order valence-electron chi connectivity index (χ4n) is 1.72. The first kappa shape index (κ1) is 8.95. The van der Waals surface area contributed by atoms with Gasteiger partial charge in [-0.25, -0.2) is 0 Å². The molecule has 70 valence electrons. The maximum atomic E-state index is 9.41. The van der Waals surface area contributed by atoms with Crippen molar-refractivity contribution >= 4 is 11.8 Å². The van der Waals surface area contributed by atoms with Crippen molar-refractivity contribution in [1.29, 1.82) is 0 Å². The molecule has 2 heteroatoms. The molecule has 13 heavy (non-hydrogen) atoms. The van der Waals surface area contributed by atoms with Gasteiger partial charge in [0.15, 0.2) is 0 Å². The van der Waals surface area contributed by atoms with Crippen molar-refractivity contribution in [2.75, 3.05) is 5.75 Å². The van der Waals surface area contributed by atoms with Crippen molar-refractivity contribution in [1.82, 2.24) is 0 Å². The van der Waals surface area contributed by atoms with Crippen LogP contribution in [-0.2, 0) is 5.41 Å². The molecule has 0 unspecified atom stereocenters. The Balaban J connectivity index is 2.55. The van der Waals surface area contributed by atoms with E-state index in [1.54, 1.807) is 6.07 Å². The summed E-state index contributed by atoms with van der Waals surface area (Å²) in [5.41, 5.74) is 1.52. The first-order valence-electron chi connectivity index (χ1n) is 4.56. The smallest absolute Gasteiger partial charge is 0.115 e. The van der Waals surface area contributed by atoms with Crippen LogP contribution < -0.4 is 0 Å². The zero-order valence-corrected chi connectivity index (χ0v) is 8.82. The minimum atomic E-state index is 0.222. The van der Waals surface area contributed by atoms with Crippen LogP contribution in [0.5, 0.6) is 5.75 Å². The van der Waals surface area contributed by atoms with Crippen LogP contribution in [-0.4, -0.2) is 10.9 Å². The van der Waals surface area contributed by atoms with Crippen LogP contribution in [0.1, 0.15) is 25.8 Å². The fourth-order valence-corrected chi connectivity index (χ4v) is 3.21. The van der Waals surface area contributed by atoms with E-state index in [1.165, 1.54) is 22.6 Å². The zero-order valence-electron chi connectivity index (χ0n) is 8.00. The molecular weight excluding hydrogens is 180 g/mol. The van der Waals surface area contributed by atoms with Crippen molar-refractivity contribution in [3.8, 4) is 5.75 Å². The SMILES string of the molecule is CC1(C)CCSc2ccc(O)cc21. The van der Waals surface area contributed by atoms with E-state index in [4.69, 9.17) is 0 Å². The van der Waals surface area contributed by atoms with Gasteiger partial charge in [0.25, 0.3) is 0 Å². The highest BCUT2D eigenvalue weighted by atomic mass is 32.2. The van der Waals surface area contributed by atoms with Gasteiger partial charge in [-0.05, 0) is 41.4 Å². The Kier molecular flexibility index (Phi) is 2.03. The van der Waals surface area contributed by atoms with Crippen molar-refractivity contribution in [3.05, 3.63) is 23.8 Å². The minimum Gasteiger partial charge on any atom is -0.508 e. The van der Waals surface area contributed by atoms with Gasteiger partial charge in [-0.3, -0.25) is 0 Å². The van der Waals surface area contributed by atoms with Crippen molar-refractivity contribution in [3.63, 3.8) is 0 Å². The van der Waals surface area contributed by atoms with Gasteiger partial charge in [-0.2, -0.15) is 0 Å². The van der Waals surface area contributed by atoms with E-state index >= 15 is 0 Å². The average molecular weight is 194 g/mol. The number of hydrogen-bond acceptors (Lipinski definition) is 2. The molecule has 1 aromatic carbocycles. The van der Waals surface area contributed by atoms with Crippen molar-refractivity contribution < 1.29 is 5.11 Å². The summed E-state index contributed by atoms with van der Waals surface area (Å²) in [5, 5.41) is 9.41. The van der Waals surface area contributed by atoms with E-state index in [-0.39, 0.29) is 5.41 Å². The molecular formula is C11H14OS. The summed E-state index contributed by atoms with van der Waals surface area (Å²) in [6.45, 7) is 4.48. The molecule has 1 heterocycles. The van der Waals surface area contributed by atoms with Gasteiger partial charge >= 0.3 is 0 Å². The lowest BCUT2D eigenvalue weighted by atomic mass is 9.82. The largest absolute Gasteiger partial charge is 0.508 e. The number of phenols is 1. The van der Waals surface area contributed by atoms with Gasteiger partial charge in [0, 0.05) is 4.90 Å². The van der Waals surface area contributed by atoms with Crippen LogP contribution >= 0.6 is 11.8 Å². The molecule has 0 aliphatic carbocycles. The molecule has 0 radical (unpaired) electrons. The number of benzene rings is 1. The van der Waals surface area contributed by atoms with E-state index in [0.717, 1.165) is 0 Å². The summed E-state index contributed by atoms with van der Waals surface area (Å²) in [6.07, 6.45) is 1.19. The zero-order chi connectivity index (χ0) is 9.47. The Bertz CT molecular complexity index is 331. The van der Waals surface area contributed by atoms with Gasteiger partial charge in [-0.1, -0.05) is 13.8 Å². The van der Waals surface area contributed by atoms with E-state index in [9.17, 15) is 5.11 Å². The molecule has 0 spiro atoms. The predicted octanol–water partition coefficient (Wildman–Crippen LogP) is 3.17. The summed E-state index contributed by atoms with van der Waals surface area (Å²) in [6, 6.07) is 5.70. The lowest BCUT2D eigenvalue weighted by Crippen LogP contribution is -2.22. The Labute approximate surface area is 83.2 Å². The Morgan fingerprint density at radius 2 is 2.15 bits per heavy atom. The van der Waals surface area contributed by atoms with Crippen molar-refractivity contribution in [2.45, 2.75) is 30.6 Å². The second-order valence-corrected chi connectivity index (χ2v) is 5.30. The summed E-state index contributed by atoms with van der Waals surface area (Å²) in [5.74, 6) is 1.57. The Morgan fingerprint density at radius 1 is 1.38 bits per heavy atom. The van der Waals surface area contributed by atoms with Gasteiger partial charge in [0.05, 0.1) is 0 Å². The fraction of sp³-hybridized carbons (Fsp3) is 0.455. The van der Waals surface area contributed by atoms with E-state index in [1.807, 2.05) is 23.9 Å². The topological polar surface area (TPSA) is 20.2 Å². The highest BCUT2D eigenvalue weighted by molar-refractivity contribution is 7.99. The van der Waals surface area contributed by atoms with Gasteiger partial charge in [0.2, 0.25) is 0 Å². The van der Waals surface area contributed by atoms with Crippen LogP contribution in [0.2, 0.25) is 0 Å². The Hall–Kier alpha value is -0.630. The minimum absolute atomic E-state index is 0.222. The number of rotatable bonds is 0. The van der Waals surface area contributed by atoms with Crippen LogP contribution in [0.15, 0.2) is 23.1 Å². The van der Waals surface area contributed by atoms with Gasteiger partial charge < -0.3 is 5.11 Å². The summed E-state index contributed by atoms with van der Waals surface area (Å²) in [4.78, 5) is 1.33. The molecule has 2 rings (SSSR count). The maximum absolute atomic E-state index is 9.41. The predicted molar refractivity (Wildman–Crippen MR) is 56.5 cm³/mol. The molecule has 0 saturated heterocycles. The second kappa shape index (κ2) is 2.95. The number of fused-ring (bicyclic) bond motifs is 1. The molecule has 1 aromatic rings. The monoisotopic (exact) mass is 194 g/mol. The third-order valence-corrected chi connectivity index (χ3v) is 3.75. The first-order valence-corrected chi connectivity index (χ1v) is 5.54. The number of phenolic OH excluding ortho intramolecular Hbond substituents is 1. The molecule has 0 fully saturated rings. The number of thioether (sulfide) groups is 1. The van der Waals surface area contributed by atoms with Crippen molar-refractivity contribution in [2.24, 2.45) is 0 Å². The molecule has 0 atom stereocenters. The summed E-state index contributed by atoms with van der Waals surface area (Å²) < 4.78 is 0. The molecule has 0 bridgehead atoms. The summed E-state index contributed by atoms with van der Waals surface area (Å²) >= 11 is 1.89. The normalized spacial score (nSPS) is 19.5. The van der Waals surface area contributed by atoms with Crippen LogP contribution in [0.4, 0.5) is 0 Å². The molecule has 1 aliphatic heterocycles. The maximum Gasteiger partial charge on any atom is 0.115 e. The lowest BCUT2D eigenvalue weighted by Gasteiger charge is -2.31. The second-order valence-electron chi connectivity index (χ2n) is 4.16. The molecule has 1 N–H and O–H groups in total. The molecule has 0 aromatic heterocycles. The van der Waals surface area contributed by atoms with Crippen LogP contribution in [0, 0.1) is 0 Å². The van der Waals surface area contributed by atoms with Gasteiger partial charge in [0.1, 0.15) is 5.75 Å². The average Bonchev–Trinajstić information content (AvgIpc) is 2.06. The van der Waals surface area contributed by atoms with E-state index in [0.29, 0.717) is 5.75 Å². The van der Waals surface area contributed by atoms with Crippen LogP contribution in [0.3, 0.4) is 0 Å². The third-order valence-electron chi connectivity index (χ3n) is 2.68. The molecule has 0 saturated carbocycles. The Morgan fingerprint density at radius 3 is 2.92 bits per heavy atom. The van der Waals surface area contributed by atoms with E-state index in [2.05, 4.69) is 13.8 Å². The molecule has 1 nitrogen and oxygen atoms in total. The quantitative estimate of drug-likeness (QED) is 0.684. The first-order chi connectivity index (χ1) is 6.09. The molecule has 0 amide bonds. The summed E-state index contributed by atoms with van der Waals surface area (Å²) in [7, 11) is 0. The number of aromatic hydroxyl groups is 1. The van der Waals surface area contributed by atoms with E-state index < -0.39 is 0 Å². The lowest BCUT2D eigenvalue weighted by molar-refractivity contribution is 0.459. The van der Waals surface area contributed by atoms with Gasteiger partial charge in [-0.15, -0.1) is 11.8 Å². The standard InChI is InChI=1S/C11H14OS/c1-11(2)5-6-13-10-4-3-8(12)7-9(10)11/h3-4,7,12H,5-6H2,1-2H3. The highest BCUT2D eigenvalue weighted by Gasteiger charge is 2.27. The van der Waals surface area contributed by atoms with Crippen LogP contribution in [0.25, 0.3) is 0 Å².